The highest BCUT2D eigenvalue weighted by molar-refractivity contribution is 5.84. The number of hydrogen-bond donors (Lipinski definition) is 3. The van der Waals surface area contributed by atoms with Gasteiger partial charge in [0.15, 0.2) is 17.0 Å². The highest BCUT2D eigenvalue weighted by atomic mass is 16.5. The Morgan fingerprint density at radius 2 is 1.73 bits per heavy atom. The Bertz CT molecular complexity index is 1230. The van der Waals surface area contributed by atoms with Gasteiger partial charge in [0.1, 0.15) is 0 Å². The van der Waals surface area contributed by atoms with E-state index in [1.165, 1.54) is 31.2 Å². The lowest BCUT2D eigenvalue weighted by Crippen LogP contribution is -2.41. The Hall–Kier alpha value is -2.75. The highest BCUT2D eigenvalue weighted by Crippen LogP contribution is 2.34. The molecule has 3 fully saturated rings. The third-order valence-corrected chi connectivity index (χ3v) is 9.45. The van der Waals surface area contributed by atoms with E-state index in [0.717, 1.165) is 81.4 Å². The van der Waals surface area contributed by atoms with Crippen LogP contribution < -0.4 is 16.5 Å². The maximum Gasteiger partial charge on any atom is 0.227 e. The molecule has 1 aliphatic heterocycles. The van der Waals surface area contributed by atoms with E-state index in [0.29, 0.717) is 42.7 Å². The SMILES string of the molecule is CCCC(OCc1ccccc1)C1CCN(Nc2nc(NC3CCC(N)CC3)nc3c2ncn3C2CCCC2)CC1. The number of benzene rings is 1. The van der Waals surface area contributed by atoms with E-state index in [-0.39, 0.29) is 0 Å². The number of aromatic nitrogens is 4. The van der Waals surface area contributed by atoms with Gasteiger partial charge in [0, 0.05) is 31.2 Å². The molecule has 3 aliphatic rings. The summed E-state index contributed by atoms with van der Waals surface area (Å²) in [5.74, 6) is 2.08. The minimum atomic E-state index is 0.301. The first-order chi connectivity index (χ1) is 20.2. The summed E-state index contributed by atoms with van der Waals surface area (Å²) in [6.07, 6.45) is 15.9. The van der Waals surface area contributed by atoms with E-state index in [2.05, 4.69) is 57.6 Å². The van der Waals surface area contributed by atoms with Crippen molar-refractivity contribution in [2.24, 2.45) is 11.7 Å². The van der Waals surface area contributed by atoms with Crippen LogP contribution in [0, 0.1) is 5.92 Å². The fraction of sp³-hybridized carbons (Fsp3) is 0.656. The molecule has 6 rings (SSSR count). The van der Waals surface area contributed by atoms with Crippen LogP contribution in [0.25, 0.3) is 11.2 Å². The van der Waals surface area contributed by atoms with Crippen molar-refractivity contribution >= 4 is 22.9 Å². The molecule has 0 spiro atoms. The van der Waals surface area contributed by atoms with Gasteiger partial charge in [-0.3, -0.25) is 0 Å². The second-order valence-corrected chi connectivity index (χ2v) is 12.5. The van der Waals surface area contributed by atoms with Crippen LogP contribution in [-0.2, 0) is 11.3 Å². The van der Waals surface area contributed by atoms with Crippen LogP contribution in [0.15, 0.2) is 36.7 Å². The molecular weight excluding hydrogens is 512 g/mol. The molecule has 2 saturated carbocycles. The van der Waals surface area contributed by atoms with Crippen LogP contribution in [0.4, 0.5) is 11.8 Å². The first kappa shape index (κ1) is 28.4. The molecule has 3 aromatic rings. The van der Waals surface area contributed by atoms with Crippen LogP contribution in [0.1, 0.15) is 95.6 Å². The van der Waals surface area contributed by atoms with Gasteiger partial charge in [-0.1, -0.05) is 56.5 Å². The summed E-state index contributed by atoms with van der Waals surface area (Å²) in [5, 5.41) is 5.96. The second-order valence-electron chi connectivity index (χ2n) is 12.5. The molecule has 1 saturated heterocycles. The molecule has 3 heterocycles. The Morgan fingerprint density at radius 1 is 0.976 bits per heavy atom. The number of anilines is 2. The molecule has 1 aromatic carbocycles. The molecule has 2 aromatic heterocycles. The van der Waals surface area contributed by atoms with Crippen molar-refractivity contribution in [3.05, 3.63) is 42.2 Å². The number of nitrogens with zero attached hydrogens (tertiary/aromatic N) is 5. The maximum absolute atomic E-state index is 6.48. The van der Waals surface area contributed by atoms with Gasteiger partial charge >= 0.3 is 0 Å². The molecule has 0 radical (unpaired) electrons. The van der Waals surface area contributed by atoms with Gasteiger partial charge in [-0.05, 0) is 69.3 Å². The fourth-order valence-electron chi connectivity index (χ4n) is 7.00. The molecule has 41 heavy (non-hydrogen) atoms. The second kappa shape index (κ2) is 13.5. The average molecular weight is 561 g/mol. The first-order valence-corrected chi connectivity index (χ1v) is 16.1. The summed E-state index contributed by atoms with van der Waals surface area (Å²) in [5.41, 5.74) is 12.9. The zero-order valence-corrected chi connectivity index (χ0v) is 24.7. The minimum absolute atomic E-state index is 0.301. The van der Waals surface area contributed by atoms with Crippen LogP contribution >= 0.6 is 0 Å². The van der Waals surface area contributed by atoms with E-state index in [1.807, 2.05) is 6.33 Å². The molecule has 9 nitrogen and oxygen atoms in total. The Morgan fingerprint density at radius 3 is 2.46 bits per heavy atom. The largest absolute Gasteiger partial charge is 0.373 e. The number of rotatable bonds is 11. The van der Waals surface area contributed by atoms with Crippen LogP contribution in [0.2, 0.25) is 0 Å². The number of nitrogens with two attached hydrogens (primary N) is 1. The summed E-state index contributed by atoms with van der Waals surface area (Å²) in [6.45, 7) is 4.86. The van der Waals surface area contributed by atoms with Crippen molar-refractivity contribution in [2.75, 3.05) is 23.8 Å². The molecule has 0 bridgehead atoms. The van der Waals surface area contributed by atoms with Gasteiger partial charge < -0.3 is 25.8 Å². The Balaban J connectivity index is 1.14. The van der Waals surface area contributed by atoms with Gasteiger partial charge in [-0.25, -0.2) is 9.99 Å². The zero-order valence-electron chi connectivity index (χ0n) is 24.7. The number of hydrogen-bond acceptors (Lipinski definition) is 8. The molecule has 222 valence electrons. The molecule has 1 unspecified atom stereocenters. The van der Waals surface area contributed by atoms with Gasteiger partial charge in [0.25, 0.3) is 0 Å². The third-order valence-electron chi connectivity index (χ3n) is 9.45. The molecule has 9 heteroatoms. The van der Waals surface area contributed by atoms with Crippen LogP contribution in [0.5, 0.6) is 0 Å². The molecule has 2 aliphatic carbocycles. The summed E-state index contributed by atoms with van der Waals surface area (Å²) in [7, 11) is 0. The predicted molar refractivity (Wildman–Crippen MR) is 165 cm³/mol. The number of fused-ring (bicyclic) bond motifs is 1. The smallest absolute Gasteiger partial charge is 0.227 e. The topological polar surface area (TPSA) is 106 Å². The van der Waals surface area contributed by atoms with Crippen molar-refractivity contribution in [1.82, 2.24) is 24.5 Å². The summed E-state index contributed by atoms with van der Waals surface area (Å²) < 4.78 is 8.77. The van der Waals surface area contributed by atoms with Gasteiger partial charge in [-0.2, -0.15) is 9.97 Å². The standard InChI is InChI=1S/C32H48N8O/c1-2-8-28(41-21-23-9-4-3-5-10-23)24-17-19-39(20-18-24)38-30-29-31(40(22-34-29)27-11-6-7-12-27)37-32(36-30)35-26-15-13-25(33)14-16-26/h3-5,9-10,22,24-28H,2,6-8,11-21,33H2,1H3,(H2,35,36,37,38). The third kappa shape index (κ3) is 7.01. The highest BCUT2D eigenvalue weighted by Gasteiger charge is 2.29. The normalized spacial score (nSPS) is 23.7. The number of piperidine rings is 1. The lowest BCUT2D eigenvalue weighted by atomic mass is 9.89. The minimum Gasteiger partial charge on any atom is -0.373 e. The van der Waals surface area contributed by atoms with Crippen LogP contribution in [0.3, 0.4) is 0 Å². The van der Waals surface area contributed by atoms with E-state index in [4.69, 9.17) is 25.4 Å². The number of hydrazine groups is 1. The van der Waals surface area contributed by atoms with E-state index >= 15 is 0 Å². The maximum atomic E-state index is 6.48. The average Bonchev–Trinajstić information content (AvgIpc) is 3.68. The Labute approximate surface area is 244 Å². The molecule has 1 atom stereocenters. The van der Waals surface area contributed by atoms with E-state index < -0.39 is 0 Å². The van der Waals surface area contributed by atoms with Crippen molar-refractivity contribution in [2.45, 2.75) is 115 Å². The number of imidazole rings is 1. The van der Waals surface area contributed by atoms with Crippen molar-refractivity contribution in [3.8, 4) is 0 Å². The van der Waals surface area contributed by atoms with Crippen molar-refractivity contribution in [3.63, 3.8) is 0 Å². The van der Waals surface area contributed by atoms with E-state index in [1.54, 1.807) is 0 Å². The summed E-state index contributed by atoms with van der Waals surface area (Å²) >= 11 is 0. The van der Waals surface area contributed by atoms with Crippen molar-refractivity contribution < 1.29 is 4.74 Å². The summed E-state index contributed by atoms with van der Waals surface area (Å²) in [4.78, 5) is 14.8. The fourth-order valence-corrected chi connectivity index (χ4v) is 7.00. The van der Waals surface area contributed by atoms with Gasteiger partial charge in [0.05, 0.1) is 19.0 Å². The van der Waals surface area contributed by atoms with Gasteiger partial charge in [0.2, 0.25) is 5.95 Å². The van der Waals surface area contributed by atoms with Crippen molar-refractivity contribution in [1.29, 1.82) is 0 Å². The molecular formula is C32H48N8O. The number of nitrogens with one attached hydrogen (secondary N) is 2. The first-order valence-electron chi connectivity index (χ1n) is 16.1. The molecule has 4 N–H and O–H groups in total. The quantitative estimate of drug-likeness (QED) is 0.260. The lowest BCUT2D eigenvalue weighted by molar-refractivity contribution is -0.0222. The summed E-state index contributed by atoms with van der Waals surface area (Å²) in [6, 6.07) is 11.7. The Kier molecular flexibility index (Phi) is 9.33. The number of ether oxygens (including phenoxy) is 1. The predicted octanol–water partition coefficient (Wildman–Crippen LogP) is 6.05. The molecule has 0 amide bonds. The van der Waals surface area contributed by atoms with E-state index in [9.17, 15) is 0 Å². The zero-order chi connectivity index (χ0) is 28.0. The lowest BCUT2D eigenvalue weighted by Gasteiger charge is -2.36. The van der Waals surface area contributed by atoms with Gasteiger partial charge in [-0.15, -0.1) is 0 Å². The monoisotopic (exact) mass is 560 g/mol. The van der Waals surface area contributed by atoms with Crippen LogP contribution in [-0.4, -0.2) is 55.8 Å².